The van der Waals surface area contributed by atoms with Gasteiger partial charge < -0.3 is 14.2 Å². The second kappa shape index (κ2) is 7.16. The van der Waals surface area contributed by atoms with Gasteiger partial charge in [0.25, 0.3) is 0 Å². The fourth-order valence-electron chi connectivity index (χ4n) is 2.66. The summed E-state index contributed by atoms with van der Waals surface area (Å²) in [4.78, 5) is 0. The molecular weight excluding hydrogens is 300 g/mol. The van der Waals surface area contributed by atoms with Crippen LogP contribution in [0.5, 0.6) is 17.2 Å². The van der Waals surface area contributed by atoms with Crippen molar-refractivity contribution >= 4 is 0 Å². The minimum absolute atomic E-state index is 0.441. The maximum atomic E-state index is 6.26. The van der Waals surface area contributed by atoms with Crippen LogP contribution in [0.3, 0.4) is 0 Å². The van der Waals surface area contributed by atoms with E-state index in [1.807, 2.05) is 51.1 Å². The first-order valence-corrected chi connectivity index (χ1v) is 8.27. The van der Waals surface area contributed by atoms with Crippen LogP contribution in [-0.2, 0) is 0 Å². The molecule has 0 aliphatic rings. The Kier molecular flexibility index (Phi) is 5.43. The molecule has 0 unspecified atom stereocenters. The molecular formula is C21H28O3. The molecule has 0 atom stereocenters. The third-order valence-electron chi connectivity index (χ3n) is 4.18. The lowest BCUT2D eigenvalue weighted by Crippen LogP contribution is -2.35. The molecule has 0 amide bonds. The van der Waals surface area contributed by atoms with Gasteiger partial charge in [0.15, 0.2) is 0 Å². The van der Waals surface area contributed by atoms with Crippen LogP contribution in [0.1, 0.15) is 36.1 Å². The zero-order valence-electron chi connectivity index (χ0n) is 15.8. The van der Waals surface area contributed by atoms with E-state index in [4.69, 9.17) is 14.2 Å². The molecule has 0 saturated carbocycles. The molecule has 2 aromatic rings. The maximum Gasteiger partial charge on any atom is 0.137 e. The van der Waals surface area contributed by atoms with E-state index in [2.05, 4.69) is 20.8 Å². The Labute approximate surface area is 145 Å². The smallest absolute Gasteiger partial charge is 0.137 e. The van der Waals surface area contributed by atoms with Crippen LogP contribution in [0.25, 0.3) is 0 Å². The number of benzene rings is 2. The van der Waals surface area contributed by atoms with Crippen molar-refractivity contribution in [2.24, 2.45) is 0 Å². The lowest BCUT2D eigenvalue weighted by Gasteiger charge is -2.28. The van der Waals surface area contributed by atoms with Gasteiger partial charge in [-0.25, -0.2) is 0 Å². The Hall–Kier alpha value is -2.16. The molecule has 0 aliphatic heterocycles. The minimum Gasteiger partial charge on any atom is -0.496 e. The van der Waals surface area contributed by atoms with Crippen molar-refractivity contribution in [2.45, 2.75) is 47.1 Å². The molecule has 0 aliphatic carbocycles. The lowest BCUT2D eigenvalue weighted by molar-refractivity contribution is 0.0513. The molecule has 0 radical (unpaired) electrons. The van der Waals surface area contributed by atoms with Crippen molar-refractivity contribution < 1.29 is 14.2 Å². The van der Waals surface area contributed by atoms with Crippen LogP contribution >= 0.6 is 0 Å². The summed E-state index contributed by atoms with van der Waals surface area (Å²) in [6.45, 7) is 12.8. The van der Waals surface area contributed by atoms with Gasteiger partial charge in [0.05, 0.1) is 7.11 Å². The first kappa shape index (κ1) is 18.2. The summed E-state index contributed by atoms with van der Waals surface area (Å²) in [6, 6.07) is 10.1. The van der Waals surface area contributed by atoms with Crippen LogP contribution in [0.2, 0.25) is 0 Å². The average molecular weight is 328 g/mol. The molecule has 0 saturated heterocycles. The highest BCUT2D eigenvalue weighted by Gasteiger charge is 2.23. The number of rotatable bonds is 6. The van der Waals surface area contributed by atoms with Crippen LogP contribution in [0, 0.1) is 27.7 Å². The number of methoxy groups -OCH3 is 1. The highest BCUT2D eigenvalue weighted by molar-refractivity contribution is 5.52. The Bertz CT molecular complexity index is 700. The van der Waals surface area contributed by atoms with E-state index in [1.165, 1.54) is 5.56 Å². The van der Waals surface area contributed by atoms with Crippen LogP contribution in [0.15, 0.2) is 30.3 Å². The Morgan fingerprint density at radius 1 is 0.917 bits per heavy atom. The predicted octanol–water partition coefficient (Wildman–Crippen LogP) is 5.17. The number of hydrogen-bond donors (Lipinski definition) is 0. The molecule has 0 N–H and O–H groups in total. The molecule has 2 rings (SSSR count). The van der Waals surface area contributed by atoms with Gasteiger partial charge in [-0.3, -0.25) is 0 Å². The third-order valence-corrected chi connectivity index (χ3v) is 4.18. The maximum absolute atomic E-state index is 6.26. The van der Waals surface area contributed by atoms with E-state index < -0.39 is 5.60 Å². The molecule has 3 heteroatoms. The van der Waals surface area contributed by atoms with Gasteiger partial charge in [-0.2, -0.15) is 0 Å². The van der Waals surface area contributed by atoms with E-state index in [0.29, 0.717) is 6.61 Å². The van der Waals surface area contributed by atoms with Gasteiger partial charge in [-0.15, -0.1) is 0 Å². The summed E-state index contributed by atoms with van der Waals surface area (Å²) in [5, 5.41) is 0. The minimum atomic E-state index is -0.441. The molecule has 24 heavy (non-hydrogen) atoms. The number of aryl methyl sites for hydroxylation is 2. The van der Waals surface area contributed by atoms with Gasteiger partial charge in [0, 0.05) is 0 Å². The van der Waals surface area contributed by atoms with Crippen molar-refractivity contribution in [3.8, 4) is 17.2 Å². The van der Waals surface area contributed by atoms with Crippen molar-refractivity contribution in [1.29, 1.82) is 0 Å². The van der Waals surface area contributed by atoms with Crippen LogP contribution in [-0.4, -0.2) is 19.3 Å². The topological polar surface area (TPSA) is 27.7 Å². The summed E-state index contributed by atoms with van der Waals surface area (Å²) >= 11 is 0. The number of ether oxygens (including phenoxy) is 3. The molecule has 0 spiro atoms. The molecule has 0 bridgehead atoms. The SMILES string of the molecule is COc1c(C)cc(OC(C)(C)COc2ccc(C)cc2)c(C)c1C. The van der Waals surface area contributed by atoms with Gasteiger partial charge >= 0.3 is 0 Å². The number of hydrogen-bond acceptors (Lipinski definition) is 3. The summed E-state index contributed by atoms with van der Waals surface area (Å²) in [7, 11) is 1.70. The lowest BCUT2D eigenvalue weighted by atomic mass is 10.0. The molecule has 130 valence electrons. The van der Waals surface area contributed by atoms with Crippen molar-refractivity contribution in [3.63, 3.8) is 0 Å². The normalized spacial score (nSPS) is 11.3. The van der Waals surface area contributed by atoms with Gasteiger partial charge in [0.2, 0.25) is 0 Å². The molecule has 0 aromatic heterocycles. The van der Waals surface area contributed by atoms with Crippen molar-refractivity contribution in [1.82, 2.24) is 0 Å². The largest absolute Gasteiger partial charge is 0.496 e. The standard InChI is InChI=1S/C21H28O3/c1-14-8-10-18(11-9-14)23-13-21(5,6)24-19-12-15(2)20(22-7)17(4)16(19)3/h8-12H,13H2,1-7H3. The van der Waals surface area contributed by atoms with E-state index in [1.54, 1.807) is 7.11 Å². The van der Waals surface area contributed by atoms with Crippen molar-refractivity contribution in [2.75, 3.05) is 13.7 Å². The van der Waals surface area contributed by atoms with Gasteiger partial charge in [-0.05, 0) is 76.4 Å². The predicted molar refractivity (Wildman–Crippen MR) is 98.6 cm³/mol. The first-order valence-electron chi connectivity index (χ1n) is 8.27. The zero-order chi connectivity index (χ0) is 17.9. The Balaban J connectivity index is 2.12. The summed E-state index contributed by atoms with van der Waals surface area (Å²) in [5.74, 6) is 2.66. The van der Waals surface area contributed by atoms with Crippen LogP contribution in [0.4, 0.5) is 0 Å². The van der Waals surface area contributed by atoms with E-state index in [9.17, 15) is 0 Å². The average Bonchev–Trinajstić information content (AvgIpc) is 2.52. The van der Waals surface area contributed by atoms with Crippen molar-refractivity contribution in [3.05, 3.63) is 52.6 Å². The first-order chi connectivity index (χ1) is 11.2. The second-order valence-electron chi connectivity index (χ2n) is 6.94. The Morgan fingerprint density at radius 2 is 1.54 bits per heavy atom. The molecule has 0 heterocycles. The van der Waals surface area contributed by atoms with Crippen LogP contribution < -0.4 is 14.2 Å². The fourth-order valence-corrected chi connectivity index (χ4v) is 2.66. The quantitative estimate of drug-likeness (QED) is 0.732. The van der Waals surface area contributed by atoms with E-state index >= 15 is 0 Å². The highest BCUT2D eigenvalue weighted by atomic mass is 16.5. The molecule has 0 fully saturated rings. The van der Waals surface area contributed by atoms with Gasteiger partial charge in [-0.1, -0.05) is 17.7 Å². The van der Waals surface area contributed by atoms with E-state index in [-0.39, 0.29) is 0 Å². The van der Waals surface area contributed by atoms with E-state index in [0.717, 1.165) is 33.9 Å². The third kappa shape index (κ3) is 4.22. The fraction of sp³-hybridized carbons (Fsp3) is 0.429. The zero-order valence-corrected chi connectivity index (χ0v) is 15.8. The monoisotopic (exact) mass is 328 g/mol. The second-order valence-corrected chi connectivity index (χ2v) is 6.94. The Morgan fingerprint density at radius 3 is 2.12 bits per heavy atom. The molecule has 2 aromatic carbocycles. The molecule has 3 nitrogen and oxygen atoms in total. The summed E-state index contributed by atoms with van der Waals surface area (Å²) in [6.07, 6.45) is 0. The summed E-state index contributed by atoms with van der Waals surface area (Å²) < 4.78 is 17.6. The summed E-state index contributed by atoms with van der Waals surface area (Å²) in [5.41, 5.74) is 4.07. The highest BCUT2D eigenvalue weighted by Crippen LogP contribution is 2.34. The van der Waals surface area contributed by atoms with Gasteiger partial charge in [0.1, 0.15) is 29.5 Å².